The van der Waals surface area contributed by atoms with Gasteiger partial charge in [0, 0.05) is 18.8 Å². The van der Waals surface area contributed by atoms with E-state index in [1.807, 2.05) is 20.8 Å². The van der Waals surface area contributed by atoms with Crippen LogP contribution in [0.3, 0.4) is 0 Å². The number of sulfonamides is 1. The van der Waals surface area contributed by atoms with E-state index in [2.05, 4.69) is 25.3 Å². The Bertz CT molecular complexity index is 1130. The van der Waals surface area contributed by atoms with Gasteiger partial charge in [0.25, 0.3) is 0 Å². The lowest BCUT2D eigenvalue weighted by Crippen LogP contribution is -2.29. The second-order valence-electron chi connectivity index (χ2n) is 6.38. The first-order valence-corrected chi connectivity index (χ1v) is 10.6. The van der Waals surface area contributed by atoms with Crippen LogP contribution in [0.1, 0.15) is 17.0 Å². The largest absolute Gasteiger partial charge is 0.367 e. The van der Waals surface area contributed by atoms with Gasteiger partial charge in [-0.1, -0.05) is 11.6 Å². The third-order valence-corrected chi connectivity index (χ3v) is 6.19. The summed E-state index contributed by atoms with van der Waals surface area (Å²) in [6.45, 7) is 6.27. The minimum atomic E-state index is -3.79. The van der Waals surface area contributed by atoms with Crippen molar-refractivity contribution in [2.24, 2.45) is 0 Å². The SMILES string of the molecule is Cc1nn(-c2ccc(NCCNS(=O)(=O)c3ccc(F)c(Cl)c3)nn2)c(C)c1C. The molecular weight excluding hydrogens is 419 g/mol. The number of anilines is 1. The Balaban J connectivity index is 1.56. The van der Waals surface area contributed by atoms with Crippen LogP contribution in [-0.2, 0) is 10.0 Å². The Hall–Kier alpha value is -2.56. The molecule has 0 atom stereocenters. The number of benzene rings is 1. The smallest absolute Gasteiger partial charge is 0.240 e. The summed E-state index contributed by atoms with van der Waals surface area (Å²) in [6.07, 6.45) is 0. The predicted octanol–water partition coefficient (Wildman–Crippen LogP) is 2.77. The van der Waals surface area contributed by atoms with Gasteiger partial charge in [-0.25, -0.2) is 22.2 Å². The Kier molecular flexibility index (Phi) is 6.15. The highest BCUT2D eigenvalue weighted by Crippen LogP contribution is 2.19. The summed E-state index contributed by atoms with van der Waals surface area (Å²) in [7, 11) is -3.79. The highest BCUT2D eigenvalue weighted by Gasteiger charge is 2.15. The lowest BCUT2D eigenvalue weighted by atomic mass is 10.2. The number of aromatic nitrogens is 4. The van der Waals surface area contributed by atoms with Gasteiger partial charge in [-0.05, 0) is 56.7 Å². The van der Waals surface area contributed by atoms with E-state index in [0.717, 1.165) is 35.2 Å². The summed E-state index contributed by atoms with van der Waals surface area (Å²) >= 11 is 5.64. The molecule has 3 rings (SSSR count). The lowest BCUT2D eigenvalue weighted by Gasteiger charge is -2.09. The Labute approximate surface area is 173 Å². The van der Waals surface area contributed by atoms with Crippen molar-refractivity contribution in [2.75, 3.05) is 18.4 Å². The molecule has 0 saturated heterocycles. The zero-order chi connectivity index (χ0) is 21.2. The molecule has 154 valence electrons. The minimum Gasteiger partial charge on any atom is -0.367 e. The van der Waals surface area contributed by atoms with Crippen molar-refractivity contribution in [3.63, 3.8) is 0 Å². The summed E-state index contributed by atoms with van der Waals surface area (Å²) in [4.78, 5) is -0.103. The first kappa shape index (κ1) is 21.2. The predicted molar refractivity (Wildman–Crippen MR) is 108 cm³/mol. The van der Waals surface area contributed by atoms with Crippen LogP contribution in [0.5, 0.6) is 0 Å². The molecule has 0 fully saturated rings. The third kappa shape index (κ3) is 4.72. The molecule has 0 aliphatic carbocycles. The number of halogens is 2. The van der Waals surface area contributed by atoms with Gasteiger partial charge in [0.1, 0.15) is 11.6 Å². The summed E-state index contributed by atoms with van der Waals surface area (Å²) in [6, 6.07) is 6.75. The van der Waals surface area contributed by atoms with Gasteiger partial charge in [-0.3, -0.25) is 0 Å². The molecule has 8 nitrogen and oxygen atoms in total. The van der Waals surface area contributed by atoms with Crippen molar-refractivity contribution in [3.8, 4) is 5.82 Å². The number of nitrogens with zero attached hydrogens (tertiary/aromatic N) is 4. The fourth-order valence-corrected chi connectivity index (χ4v) is 3.88. The molecule has 2 aromatic heterocycles. The van der Waals surface area contributed by atoms with Crippen molar-refractivity contribution in [3.05, 3.63) is 58.1 Å². The number of rotatable bonds is 7. The van der Waals surface area contributed by atoms with Crippen LogP contribution in [0.25, 0.3) is 5.82 Å². The average molecular weight is 439 g/mol. The van der Waals surface area contributed by atoms with E-state index in [9.17, 15) is 12.8 Å². The topological polar surface area (TPSA) is 102 Å². The average Bonchev–Trinajstić information content (AvgIpc) is 2.95. The Morgan fingerprint density at radius 1 is 1.10 bits per heavy atom. The number of nitrogens with one attached hydrogen (secondary N) is 2. The van der Waals surface area contributed by atoms with Crippen molar-refractivity contribution in [2.45, 2.75) is 25.7 Å². The molecule has 0 aliphatic heterocycles. The molecule has 0 unspecified atom stereocenters. The monoisotopic (exact) mass is 438 g/mol. The third-order valence-electron chi connectivity index (χ3n) is 4.45. The molecule has 0 radical (unpaired) electrons. The van der Waals surface area contributed by atoms with Gasteiger partial charge in [0.2, 0.25) is 10.0 Å². The summed E-state index contributed by atoms with van der Waals surface area (Å²) in [5.74, 6) is 0.416. The van der Waals surface area contributed by atoms with E-state index in [1.165, 1.54) is 0 Å². The number of hydrogen-bond donors (Lipinski definition) is 2. The minimum absolute atomic E-state index is 0.0947. The van der Waals surface area contributed by atoms with Crippen molar-refractivity contribution < 1.29 is 12.8 Å². The van der Waals surface area contributed by atoms with E-state index in [-0.39, 0.29) is 23.0 Å². The maximum absolute atomic E-state index is 13.2. The maximum atomic E-state index is 13.2. The Morgan fingerprint density at radius 3 is 2.45 bits per heavy atom. The number of hydrogen-bond acceptors (Lipinski definition) is 6. The van der Waals surface area contributed by atoms with Crippen LogP contribution in [0.15, 0.2) is 35.2 Å². The second-order valence-corrected chi connectivity index (χ2v) is 8.56. The van der Waals surface area contributed by atoms with E-state index in [1.54, 1.807) is 16.8 Å². The van der Waals surface area contributed by atoms with E-state index < -0.39 is 15.8 Å². The lowest BCUT2D eigenvalue weighted by molar-refractivity contribution is 0.582. The van der Waals surface area contributed by atoms with Crippen LogP contribution >= 0.6 is 11.6 Å². The van der Waals surface area contributed by atoms with Gasteiger partial charge in [-0.15, -0.1) is 10.2 Å². The highest BCUT2D eigenvalue weighted by molar-refractivity contribution is 7.89. The number of aryl methyl sites for hydroxylation is 1. The molecule has 29 heavy (non-hydrogen) atoms. The molecule has 1 aromatic carbocycles. The molecule has 0 bridgehead atoms. The molecule has 0 aliphatic rings. The molecule has 11 heteroatoms. The molecule has 0 amide bonds. The van der Waals surface area contributed by atoms with Gasteiger partial charge in [0.15, 0.2) is 5.82 Å². The van der Waals surface area contributed by atoms with Crippen LogP contribution in [0.4, 0.5) is 10.2 Å². The van der Waals surface area contributed by atoms with Crippen LogP contribution in [-0.4, -0.2) is 41.5 Å². The van der Waals surface area contributed by atoms with Crippen LogP contribution in [0, 0.1) is 26.6 Å². The molecule has 0 spiro atoms. The summed E-state index contributed by atoms with van der Waals surface area (Å²) in [5.41, 5.74) is 3.03. The second kappa shape index (κ2) is 8.44. The molecule has 2 heterocycles. The normalized spacial score (nSPS) is 11.6. The molecule has 3 aromatic rings. The fraction of sp³-hybridized carbons (Fsp3) is 0.278. The van der Waals surface area contributed by atoms with Gasteiger partial charge in [-0.2, -0.15) is 5.10 Å². The fourth-order valence-electron chi connectivity index (χ4n) is 2.58. The quantitative estimate of drug-likeness (QED) is 0.550. The van der Waals surface area contributed by atoms with Gasteiger partial charge < -0.3 is 5.32 Å². The summed E-state index contributed by atoms with van der Waals surface area (Å²) in [5, 5.41) is 15.4. The first-order valence-electron chi connectivity index (χ1n) is 8.74. The van der Waals surface area contributed by atoms with Crippen molar-refractivity contribution in [1.29, 1.82) is 0 Å². The van der Waals surface area contributed by atoms with Crippen LogP contribution in [0.2, 0.25) is 5.02 Å². The van der Waals surface area contributed by atoms with Crippen molar-refractivity contribution >= 4 is 27.4 Å². The Morgan fingerprint density at radius 2 is 1.86 bits per heavy atom. The van der Waals surface area contributed by atoms with Crippen molar-refractivity contribution in [1.82, 2.24) is 24.7 Å². The van der Waals surface area contributed by atoms with E-state index in [0.29, 0.717) is 11.6 Å². The zero-order valence-electron chi connectivity index (χ0n) is 16.1. The maximum Gasteiger partial charge on any atom is 0.240 e. The molecular formula is C18H20ClFN6O2S. The molecule has 0 saturated carbocycles. The molecule has 2 N–H and O–H groups in total. The van der Waals surface area contributed by atoms with Crippen LogP contribution < -0.4 is 10.0 Å². The summed E-state index contributed by atoms with van der Waals surface area (Å²) < 4.78 is 41.7. The van der Waals surface area contributed by atoms with E-state index >= 15 is 0 Å². The van der Waals surface area contributed by atoms with Gasteiger partial charge in [0.05, 0.1) is 15.6 Å². The van der Waals surface area contributed by atoms with Gasteiger partial charge >= 0.3 is 0 Å². The van der Waals surface area contributed by atoms with E-state index in [4.69, 9.17) is 11.6 Å². The highest BCUT2D eigenvalue weighted by atomic mass is 35.5. The standard InChI is InChI=1S/C18H20ClFN6O2S/c1-11-12(2)25-26(13(11)3)18-7-6-17(23-24-18)21-8-9-22-29(27,28)14-4-5-16(20)15(19)10-14/h4-7,10,22H,8-9H2,1-3H3,(H,21,23). The first-order chi connectivity index (χ1) is 13.7. The zero-order valence-corrected chi connectivity index (χ0v) is 17.6.